The predicted molar refractivity (Wildman–Crippen MR) is 73.4 cm³/mol. The summed E-state index contributed by atoms with van der Waals surface area (Å²) in [5, 5.41) is 4.90. The van der Waals surface area contributed by atoms with Crippen molar-refractivity contribution in [2.24, 2.45) is 0 Å². The number of anilines is 1. The Morgan fingerprint density at radius 2 is 2.00 bits per heavy atom. The number of aromatic nitrogens is 1. The molecule has 5 nitrogen and oxygen atoms in total. The fourth-order valence-electron chi connectivity index (χ4n) is 1.88. The molecule has 0 saturated carbocycles. The Bertz CT molecular complexity index is 584. The zero-order chi connectivity index (χ0) is 13.7. The number of hydrogen-bond acceptors (Lipinski definition) is 5. The van der Waals surface area contributed by atoms with Gasteiger partial charge in [-0.1, -0.05) is 24.3 Å². The van der Waals surface area contributed by atoms with E-state index >= 15 is 0 Å². The number of carbonyl (C=O) groups is 1. The number of pyridine rings is 1. The highest BCUT2D eigenvalue weighted by atomic mass is 16.5. The summed E-state index contributed by atoms with van der Waals surface area (Å²) in [5.74, 6) is 0.354. The summed E-state index contributed by atoms with van der Waals surface area (Å²) >= 11 is 0. The Morgan fingerprint density at radius 3 is 2.68 bits per heavy atom. The molecule has 2 aromatic rings. The normalized spacial score (nSPS) is 10.4. The van der Waals surface area contributed by atoms with E-state index in [2.05, 4.69) is 10.3 Å². The molecule has 0 radical (unpaired) electrons. The largest absolute Gasteiger partial charge is 0.465 e. The van der Waals surface area contributed by atoms with Crippen molar-refractivity contribution in [2.75, 3.05) is 32.7 Å². The van der Waals surface area contributed by atoms with Crippen molar-refractivity contribution in [1.82, 2.24) is 4.98 Å². The summed E-state index contributed by atoms with van der Waals surface area (Å²) in [6.07, 6.45) is 1.53. The number of hydrogen-bond donors (Lipinski definition) is 1. The van der Waals surface area contributed by atoms with Crippen LogP contribution in [0.25, 0.3) is 10.8 Å². The van der Waals surface area contributed by atoms with Gasteiger partial charge >= 0.3 is 5.97 Å². The summed E-state index contributed by atoms with van der Waals surface area (Å²) in [6, 6.07) is 7.59. The molecule has 0 saturated heterocycles. The Balaban J connectivity index is 2.43. The number of nitrogens with zero attached hydrogens (tertiary/aromatic N) is 1. The second kappa shape index (κ2) is 6.15. The molecule has 19 heavy (non-hydrogen) atoms. The third kappa shape index (κ3) is 2.82. The van der Waals surface area contributed by atoms with Crippen LogP contribution in [0, 0.1) is 0 Å². The van der Waals surface area contributed by atoms with Gasteiger partial charge in [0.1, 0.15) is 5.82 Å². The van der Waals surface area contributed by atoms with E-state index in [-0.39, 0.29) is 5.97 Å². The third-order valence-corrected chi connectivity index (χ3v) is 2.80. The predicted octanol–water partition coefficient (Wildman–Crippen LogP) is 2.08. The van der Waals surface area contributed by atoms with Gasteiger partial charge in [0.2, 0.25) is 0 Å². The van der Waals surface area contributed by atoms with Crippen LogP contribution in [0.2, 0.25) is 0 Å². The minimum absolute atomic E-state index is 0.382. The molecule has 0 fully saturated rings. The zero-order valence-electron chi connectivity index (χ0n) is 11.0. The van der Waals surface area contributed by atoms with Gasteiger partial charge in [0.15, 0.2) is 0 Å². The van der Waals surface area contributed by atoms with Crippen molar-refractivity contribution in [3.8, 4) is 0 Å². The van der Waals surface area contributed by atoms with E-state index in [1.807, 2.05) is 24.3 Å². The van der Waals surface area contributed by atoms with Crippen LogP contribution >= 0.6 is 0 Å². The zero-order valence-corrected chi connectivity index (χ0v) is 11.0. The average Bonchev–Trinajstić information content (AvgIpc) is 2.47. The van der Waals surface area contributed by atoms with Crippen LogP contribution in [0.4, 0.5) is 5.82 Å². The van der Waals surface area contributed by atoms with E-state index in [4.69, 9.17) is 9.47 Å². The van der Waals surface area contributed by atoms with Crippen LogP contribution in [0.3, 0.4) is 0 Å². The number of methoxy groups -OCH3 is 2. The van der Waals surface area contributed by atoms with Gasteiger partial charge in [0, 0.05) is 30.6 Å². The van der Waals surface area contributed by atoms with Crippen molar-refractivity contribution in [3.63, 3.8) is 0 Å². The first kappa shape index (κ1) is 13.3. The van der Waals surface area contributed by atoms with Crippen LogP contribution in [-0.2, 0) is 9.47 Å². The number of rotatable bonds is 5. The van der Waals surface area contributed by atoms with Gasteiger partial charge in [0.05, 0.1) is 19.3 Å². The Kier molecular flexibility index (Phi) is 4.30. The second-order valence-electron chi connectivity index (χ2n) is 3.98. The average molecular weight is 260 g/mol. The van der Waals surface area contributed by atoms with E-state index in [1.54, 1.807) is 7.11 Å². The van der Waals surface area contributed by atoms with Crippen LogP contribution < -0.4 is 5.32 Å². The van der Waals surface area contributed by atoms with Gasteiger partial charge in [-0.05, 0) is 0 Å². The second-order valence-corrected chi connectivity index (χ2v) is 3.98. The lowest BCUT2D eigenvalue weighted by molar-refractivity contribution is 0.0602. The van der Waals surface area contributed by atoms with Gasteiger partial charge in [-0.3, -0.25) is 0 Å². The molecule has 5 heteroatoms. The molecule has 0 amide bonds. The molecular formula is C14H16N2O3. The minimum atomic E-state index is -0.382. The lowest BCUT2D eigenvalue weighted by Gasteiger charge is -2.10. The van der Waals surface area contributed by atoms with E-state index in [1.165, 1.54) is 13.3 Å². The van der Waals surface area contributed by atoms with E-state index in [0.717, 1.165) is 16.6 Å². The number of nitrogens with one attached hydrogen (secondary N) is 1. The number of carbonyl (C=O) groups excluding carboxylic acids is 1. The molecule has 0 aliphatic carbocycles. The molecule has 1 aromatic heterocycles. The monoisotopic (exact) mass is 260 g/mol. The van der Waals surface area contributed by atoms with Gasteiger partial charge in [-0.15, -0.1) is 0 Å². The molecule has 0 unspecified atom stereocenters. The number of benzene rings is 1. The Morgan fingerprint density at radius 1 is 1.26 bits per heavy atom. The summed E-state index contributed by atoms with van der Waals surface area (Å²) in [6.45, 7) is 1.25. The van der Waals surface area contributed by atoms with Crippen molar-refractivity contribution in [3.05, 3.63) is 36.0 Å². The van der Waals surface area contributed by atoms with Crippen LogP contribution in [0.5, 0.6) is 0 Å². The first-order valence-corrected chi connectivity index (χ1v) is 5.96. The quantitative estimate of drug-likeness (QED) is 0.659. The molecule has 0 aliphatic rings. The van der Waals surface area contributed by atoms with E-state index in [0.29, 0.717) is 18.7 Å². The molecule has 1 aromatic carbocycles. The van der Waals surface area contributed by atoms with Crippen LogP contribution in [0.1, 0.15) is 10.4 Å². The number of esters is 1. The van der Waals surface area contributed by atoms with E-state index < -0.39 is 0 Å². The van der Waals surface area contributed by atoms with Crippen molar-refractivity contribution < 1.29 is 14.3 Å². The SMILES string of the molecule is COCCNc1ncc(C(=O)OC)c2ccccc12. The van der Waals surface area contributed by atoms with Crippen molar-refractivity contribution in [1.29, 1.82) is 0 Å². The minimum Gasteiger partial charge on any atom is -0.465 e. The Labute approximate surface area is 111 Å². The van der Waals surface area contributed by atoms with Gasteiger partial charge < -0.3 is 14.8 Å². The number of fused-ring (bicyclic) bond motifs is 1. The van der Waals surface area contributed by atoms with Crippen molar-refractivity contribution >= 4 is 22.6 Å². The molecule has 2 rings (SSSR count). The van der Waals surface area contributed by atoms with Crippen LogP contribution in [0.15, 0.2) is 30.5 Å². The highest BCUT2D eigenvalue weighted by Gasteiger charge is 2.13. The fourth-order valence-corrected chi connectivity index (χ4v) is 1.88. The molecule has 0 aliphatic heterocycles. The van der Waals surface area contributed by atoms with Gasteiger partial charge in [0.25, 0.3) is 0 Å². The van der Waals surface area contributed by atoms with Gasteiger partial charge in [-0.2, -0.15) is 0 Å². The maximum atomic E-state index is 11.7. The first-order chi connectivity index (χ1) is 9.27. The molecule has 1 N–H and O–H groups in total. The lowest BCUT2D eigenvalue weighted by Crippen LogP contribution is -2.10. The Hall–Kier alpha value is -2.14. The molecule has 1 heterocycles. The lowest BCUT2D eigenvalue weighted by atomic mass is 10.1. The molecular weight excluding hydrogens is 244 g/mol. The smallest absolute Gasteiger partial charge is 0.340 e. The number of ether oxygens (including phenoxy) is 2. The standard InChI is InChI=1S/C14H16N2O3/c1-18-8-7-15-13-11-6-4-3-5-10(11)12(9-16-13)14(17)19-2/h3-6,9H,7-8H2,1-2H3,(H,15,16). The molecule has 0 bridgehead atoms. The maximum Gasteiger partial charge on any atom is 0.340 e. The maximum absolute atomic E-state index is 11.7. The topological polar surface area (TPSA) is 60.5 Å². The van der Waals surface area contributed by atoms with Gasteiger partial charge in [-0.25, -0.2) is 9.78 Å². The molecule has 100 valence electrons. The van der Waals surface area contributed by atoms with Crippen molar-refractivity contribution in [2.45, 2.75) is 0 Å². The summed E-state index contributed by atoms with van der Waals surface area (Å²) in [4.78, 5) is 16.0. The summed E-state index contributed by atoms with van der Waals surface area (Å²) in [5.41, 5.74) is 0.468. The highest BCUT2D eigenvalue weighted by Crippen LogP contribution is 2.24. The van der Waals surface area contributed by atoms with E-state index in [9.17, 15) is 4.79 Å². The first-order valence-electron chi connectivity index (χ1n) is 5.96. The highest BCUT2D eigenvalue weighted by molar-refractivity contribution is 6.07. The third-order valence-electron chi connectivity index (χ3n) is 2.80. The molecule has 0 spiro atoms. The summed E-state index contributed by atoms with van der Waals surface area (Å²) < 4.78 is 9.75. The molecule has 0 atom stereocenters. The fraction of sp³-hybridized carbons (Fsp3) is 0.286. The van der Waals surface area contributed by atoms with Crippen LogP contribution in [-0.4, -0.2) is 38.3 Å². The summed E-state index contributed by atoms with van der Waals surface area (Å²) in [7, 11) is 3.01.